The summed E-state index contributed by atoms with van der Waals surface area (Å²) >= 11 is 0. The lowest BCUT2D eigenvalue weighted by Gasteiger charge is -2.36. The molecule has 166 valence electrons. The highest BCUT2D eigenvalue weighted by Gasteiger charge is 2.35. The van der Waals surface area contributed by atoms with Gasteiger partial charge in [0.15, 0.2) is 0 Å². The van der Waals surface area contributed by atoms with Gasteiger partial charge in [0.1, 0.15) is 11.6 Å². The van der Waals surface area contributed by atoms with E-state index in [4.69, 9.17) is 9.90 Å². The van der Waals surface area contributed by atoms with Crippen molar-refractivity contribution in [3.05, 3.63) is 76.9 Å². The summed E-state index contributed by atoms with van der Waals surface area (Å²) in [6.45, 7) is 3.89. The van der Waals surface area contributed by atoms with Crippen molar-refractivity contribution in [3.63, 3.8) is 0 Å². The molecule has 0 radical (unpaired) electrons. The Morgan fingerprint density at radius 2 is 1.97 bits per heavy atom. The van der Waals surface area contributed by atoms with E-state index in [-0.39, 0.29) is 18.4 Å². The molecule has 2 N–H and O–H groups in total. The van der Waals surface area contributed by atoms with Gasteiger partial charge >= 0.3 is 0 Å². The second kappa shape index (κ2) is 9.64. The van der Waals surface area contributed by atoms with E-state index in [1.54, 1.807) is 0 Å². The van der Waals surface area contributed by atoms with Gasteiger partial charge in [0.05, 0.1) is 23.8 Å². The van der Waals surface area contributed by atoms with Crippen LogP contribution in [-0.2, 0) is 24.2 Å². The van der Waals surface area contributed by atoms with Gasteiger partial charge in [-0.3, -0.25) is 9.59 Å². The van der Waals surface area contributed by atoms with Gasteiger partial charge in [-0.2, -0.15) is 5.10 Å². The number of hydrogen-bond donors (Lipinski definition) is 2. The second-order valence-corrected chi connectivity index (χ2v) is 7.92. The maximum absolute atomic E-state index is 13.7. The Balaban J connectivity index is 0.000000775. The number of anilines is 1. The van der Waals surface area contributed by atoms with E-state index in [1.165, 1.54) is 11.1 Å². The summed E-state index contributed by atoms with van der Waals surface area (Å²) in [5.41, 5.74) is 4.20. The van der Waals surface area contributed by atoms with Gasteiger partial charge in [0.2, 0.25) is 0 Å². The molecule has 0 unspecified atom stereocenters. The molecule has 2 aliphatic heterocycles. The summed E-state index contributed by atoms with van der Waals surface area (Å²) in [7, 11) is 0. The summed E-state index contributed by atoms with van der Waals surface area (Å²) in [6.07, 6.45) is 2.85. The second-order valence-electron chi connectivity index (χ2n) is 7.92. The Bertz CT molecular complexity index is 1100. The standard InChI is InChI=1S/C23H25N5O.CH2O2/c1-16-25-22-20(15-17-7-3-2-4-8-17)27(13-14-28(22)26-16)23(29)19-11-5-9-18-10-6-12-24-21(18)19;2-1-3/h2-5,7-9,11,20,24H,6,10,12-15H2,1H3;1H,(H,2,3)/t20-;/m0./s1. The topological polar surface area (TPSA) is 100 Å². The fourth-order valence-corrected chi connectivity index (χ4v) is 4.50. The summed E-state index contributed by atoms with van der Waals surface area (Å²) < 4.78 is 1.96. The number of aryl methyl sites for hydroxylation is 2. The molecule has 2 aliphatic rings. The number of nitrogens with zero attached hydrogens (tertiary/aromatic N) is 4. The Morgan fingerprint density at radius 3 is 2.75 bits per heavy atom. The van der Waals surface area contributed by atoms with Crippen LogP contribution in [0.15, 0.2) is 48.5 Å². The number of carbonyl (C=O) groups is 2. The van der Waals surface area contributed by atoms with Crippen LogP contribution in [0.25, 0.3) is 0 Å². The van der Waals surface area contributed by atoms with Crippen LogP contribution in [0.1, 0.15) is 45.6 Å². The molecular formula is C24H27N5O3. The normalized spacial score (nSPS) is 16.7. The van der Waals surface area contributed by atoms with Crippen molar-refractivity contribution < 1.29 is 14.7 Å². The third-order valence-electron chi connectivity index (χ3n) is 5.87. The summed E-state index contributed by atoms with van der Waals surface area (Å²) in [6, 6.07) is 16.3. The van der Waals surface area contributed by atoms with Crippen LogP contribution in [-0.4, -0.2) is 50.2 Å². The Morgan fingerprint density at radius 1 is 1.19 bits per heavy atom. The van der Waals surface area contributed by atoms with Gasteiger partial charge in [0.25, 0.3) is 12.4 Å². The SMILES string of the molecule is Cc1nc2n(n1)CCN(C(=O)c1cccc3c1NCCC3)[C@H]2Cc1ccccc1.O=CO. The lowest BCUT2D eigenvalue weighted by atomic mass is 9.97. The van der Waals surface area contributed by atoms with Crippen molar-refractivity contribution in [3.8, 4) is 0 Å². The summed E-state index contributed by atoms with van der Waals surface area (Å²) in [5, 5.41) is 14.9. The van der Waals surface area contributed by atoms with Gasteiger partial charge in [-0.25, -0.2) is 9.67 Å². The Hall–Kier alpha value is -3.68. The van der Waals surface area contributed by atoms with E-state index in [1.807, 2.05) is 46.8 Å². The number of amides is 1. The minimum Gasteiger partial charge on any atom is -0.483 e. The molecule has 3 heterocycles. The fraction of sp³-hybridized carbons (Fsp3) is 0.333. The predicted molar refractivity (Wildman–Crippen MR) is 121 cm³/mol. The van der Waals surface area contributed by atoms with Crippen LogP contribution in [0, 0.1) is 6.92 Å². The monoisotopic (exact) mass is 433 g/mol. The number of carbonyl (C=O) groups excluding carboxylic acids is 1. The van der Waals surface area contributed by atoms with E-state index in [2.05, 4.69) is 33.6 Å². The number of aromatic nitrogens is 3. The molecule has 8 nitrogen and oxygen atoms in total. The van der Waals surface area contributed by atoms with Crippen molar-refractivity contribution in [1.82, 2.24) is 19.7 Å². The number of rotatable bonds is 3. The first-order valence-corrected chi connectivity index (χ1v) is 10.8. The van der Waals surface area contributed by atoms with Crippen molar-refractivity contribution in [2.24, 2.45) is 0 Å². The molecule has 0 saturated carbocycles. The van der Waals surface area contributed by atoms with Crippen LogP contribution in [0.3, 0.4) is 0 Å². The quantitative estimate of drug-likeness (QED) is 0.616. The zero-order valence-corrected chi connectivity index (χ0v) is 18.1. The van der Waals surface area contributed by atoms with Crippen LogP contribution in [0.2, 0.25) is 0 Å². The molecule has 0 saturated heterocycles. The van der Waals surface area contributed by atoms with Gasteiger partial charge in [-0.15, -0.1) is 0 Å². The van der Waals surface area contributed by atoms with E-state index < -0.39 is 0 Å². The van der Waals surface area contributed by atoms with Crippen LogP contribution in [0.5, 0.6) is 0 Å². The fourth-order valence-electron chi connectivity index (χ4n) is 4.50. The predicted octanol–water partition coefficient (Wildman–Crippen LogP) is 3.09. The highest BCUT2D eigenvalue weighted by atomic mass is 16.3. The number of carboxylic acid groups (broad SMARTS) is 1. The molecular weight excluding hydrogens is 406 g/mol. The minimum atomic E-state index is -0.250. The number of fused-ring (bicyclic) bond motifs is 2. The maximum Gasteiger partial charge on any atom is 0.290 e. The lowest BCUT2D eigenvalue weighted by molar-refractivity contribution is -0.122. The molecule has 2 aromatic carbocycles. The smallest absolute Gasteiger partial charge is 0.290 e. The van der Waals surface area contributed by atoms with E-state index >= 15 is 0 Å². The Kier molecular flexibility index (Phi) is 6.49. The van der Waals surface area contributed by atoms with Gasteiger partial charge in [-0.05, 0) is 37.0 Å². The zero-order chi connectivity index (χ0) is 22.5. The first-order chi connectivity index (χ1) is 15.6. The average Bonchev–Trinajstić information content (AvgIpc) is 3.20. The van der Waals surface area contributed by atoms with Gasteiger partial charge in [0, 0.05) is 19.5 Å². The van der Waals surface area contributed by atoms with E-state index in [0.29, 0.717) is 13.1 Å². The Labute approximate surface area is 186 Å². The number of nitrogens with one attached hydrogen (secondary N) is 1. The van der Waals surface area contributed by atoms with Crippen LogP contribution < -0.4 is 5.32 Å². The summed E-state index contributed by atoms with van der Waals surface area (Å²) in [5.74, 6) is 1.71. The zero-order valence-electron chi connectivity index (χ0n) is 18.1. The number of benzene rings is 2. The minimum absolute atomic E-state index is 0.0732. The molecule has 1 aromatic heterocycles. The first-order valence-electron chi connectivity index (χ1n) is 10.8. The van der Waals surface area contributed by atoms with Crippen molar-refractivity contribution in [2.75, 3.05) is 18.4 Å². The van der Waals surface area contributed by atoms with Crippen molar-refractivity contribution >= 4 is 18.1 Å². The number of hydrogen-bond acceptors (Lipinski definition) is 5. The molecule has 0 bridgehead atoms. The van der Waals surface area contributed by atoms with Crippen LogP contribution >= 0.6 is 0 Å². The lowest BCUT2D eigenvalue weighted by Crippen LogP contribution is -2.44. The van der Waals surface area contributed by atoms with Gasteiger partial charge < -0.3 is 15.3 Å². The molecule has 1 amide bonds. The van der Waals surface area contributed by atoms with E-state index in [9.17, 15) is 4.79 Å². The molecule has 5 rings (SSSR count). The number of para-hydroxylation sites is 1. The molecule has 0 fully saturated rings. The van der Waals surface area contributed by atoms with Crippen molar-refractivity contribution in [2.45, 2.75) is 38.8 Å². The molecule has 8 heteroatoms. The molecule has 1 atom stereocenters. The molecule has 0 aliphatic carbocycles. The molecule has 3 aromatic rings. The maximum atomic E-state index is 13.7. The van der Waals surface area contributed by atoms with Gasteiger partial charge in [-0.1, -0.05) is 42.5 Å². The largest absolute Gasteiger partial charge is 0.483 e. The third kappa shape index (κ3) is 4.34. The van der Waals surface area contributed by atoms with E-state index in [0.717, 1.165) is 48.7 Å². The van der Waals surface area contributed by atoms with Crippen molar-refractivity contribution in [1.29, 1.82) is 0 Å². The average molecular weight is 434 g/mol. The third-order valence-corrected chi connectivity index (χ3v) is 5.87. The first kappa shape index (κ1) is 21.5. The summed E-state index contributed by atoms with van der Waals surface area (Å²) in [4.78, 5) is 28.8. The highest BCUT2D eigenvalue weighted by Crippen LogP contribution is 2.33. The van der Waals surface area contributed by atoms with Crippen LogP contribution in [0.4, 0.5) is 5.69 Å². The molecule has 32 heavy (non-hydrogen) atoms. The molecule has 0 spiro atoms. The highest BCUT2D eigenvalue weighted by molar-refractivity contribution is 6.00.